The predicted octanol–water partition coefficient (Wildman–Crippen LogP) is -4.92. The van der Waals surface area contributed by atoms with Gasteiger partial charge in [0.25, 0.3) is 0 Å². The van der Waals surface area contributed by atoms with Crippen LogP contribution < -0.4 is 0 Å². The average Bonchev–Trinajstić information content (AvgIpc) is 2.50. The Kier molecular flexibility index (Phi) is 7.06. The number of aliphatic hydroxyl groups is 7. The lowest BCUT2D eigenvalue weighted by molar-refractivity contribution is -0.320. The largest absolute Gasteiger partial charge is 0.394 e. The monoisotopic (exact) mass is 312 g/mol. The fourth-order valence-electron chi connectivity index (χ4n) is 1.88. The summed E-state index contributed by atoms with van der Waals surface area (Å²) in [5.41, 5.74) is 0. The van der Waals surface area contributed by atoms with Crippen LogP contribution in [0.4, 0.5) is 0 Å². The molecule has 7 N–H and O–H groups in total. The number of hydrogen-bond donors (Lipinski definition) is 7. The maximum Gasteiger partial charge on any atom is 0.187 e. The second-order valence-corrected chi connectivity index (χ2v) is 4.67. The second-order valence-electron chi connectivity index (χ2n) is 4.67. The van der Waals surface area contributed by atoms with Crippen LogP contribution in [0.1, 0.15) is 0 Å². The Hall–Kier alpha value is -0.690. The van der Waals surface area contributed by atoms with Gasteiger partial charge < -0.3 is 50.0 Å². The third-order valence-electron chi connectivity index (χ3n) is 3.21. The second kappa shape index (κ2) is 8.08. The van der Waals surface area contributed by atoms with Gasteiger partial charge in [-0.1, -0.05) is 0 Å². The molecular formula is C11H20O10. The molecule has 1 aliphatic rings. The van der Waals surface area contributed by atoms with Crippen molar-refractivity contribution >= 4 is 6.29 Å². The van der Waals surface area contributed by atoms with Crippen LogP contribution in [0.2, 0.25) is 0 Å². The van der Waals surface area contributed by atoms with E-state index in [0.717, 1.165) is 0 Å². The van der Waals surface area contributed by atoms with Gasteiger partial charge in [0, 0.05) is 0 Å². The first kappa shape index (κ1) is 18.4. The molecule has 1 saturated heterocycles. The van der Waals surface area contributed by atoms with Crippen molar-refractivity contribution in [3.63, 3.8) is 0 Å². The molecule has 0 bridgehead atoms. The lowest BCUT2D eigenvalue weighted by Gasteiger charge is -2.41. The number of hydrogen-bond acceptors (Lipinski definition) is 10. The van der Waals surface area contributed by atoms with E-state index in [1.165, 1.54) is 0 Å². The lowest BCUT2D eigenvalue weighted by atomic mass is 9.99. The van der Waals surface area contributed by atoms with E-state index >= 15 is 0 Å². The van der Waals surface area contributed by atoms with E-state index < -0.39 is 62.2 Å². The molecule has 0 spiro atoms. The van der Waals surface area contributed by atoms with Gasteiger partial charge in [-0.05, 0) is 0 Å². The highest BCUT2D eigenvalue weighted by Crippen LogP contribution is 2.23. The summed E-state index contributed by atoms with van der Waals surface area (Å²) < 4.78 is 10.0. The Morgan fingerprint density at radius 1 is 1.10 bits per heavy atom. The van der Waals surface area contributed by atoms with E-state index in [9.17, 15) is 30.3 Å². The minimum absolute atomic E-state index is 0.0317. The van der Waals surface area contributed by atoms with E-state index in [1.54, 1.807) is 0 Å². The number of carbonyl (C=O) groups is 1. The van der Waals surface area contributed by atoms with Gasteiger partial charge in [0.2, 0.25) is 0 Å². The van der Waals surface area contributed by atoms with E-state index in [0.29, 0.717) is 0 Å². The molecule has 8 atom stereocenters. The molecule has 1 fully saturated rings. The maximum absolute atomic E-state index is 10.4. The zero-order valence-corrected chi connectivity index (χ0v) is 11.0. The fourth-order valence-corrected chi connectivity index (χ4v) is 1.88. The first-order valence-corrected chi connectivity index (χ1v) is 6.25. The molecule has 124 valence electrons. The van der Waals surface area contributed by atoms with Crippen LogP contribution in [-0.4, -0.2) is 104 Å². The highest BCUT2D eigenvalue weighted by molar-refractivity contribution is 5.56. The minimum Gasteiger partial charge on any atom is -0.394 e. The van der Waals surface area contributed by atoms with Crippen LogP contribution in [0, 0.1) is 0 Å². The van der Waals surface area contributed by atoms with Crippen LogP contribution >= 0.6 is 0 Å². The Morgan fingerprint density at radius 2 is 1.71 bits per heavy atom. The van der Waals surface area contributed by atoms with Gasteiger partial charge in [-0.15, -0.1) is 0 Å². The van der Waals surface area contributed by atoms with E-state index in [4.69, 9.17) is 19.7 Å². The van der Waals surface area contributed by atoms with Crippen molar-refractivity contribution in [1.29, 1.82) is 0 Å². The first-order valence-electron chi connectivity index (χ1n) is 6.25. The van der Waals surface area contributed by atoms with Gasteiger partial charge in [-0.2, -0.15) is 0 Å². The fraction of sp³-hybridized carbons (Fsp3) is 0.909. The zero-order valence-electron chi connectivity index (χ0n) is 11.0. The molecule has 10 heteroatoms. The summed E-state index contributed by atoms with van der Waals surface area (Å²) in [4.78, 5) is 10.4. The molecule has 21 heavy (non-hydrogen) atoms. The summed E-state index contributed by atoms with van der Waals surface area (Å²) in [5, 5.41) is 65.6. The summed E-state index contributed by atoms with van der Waals surface area (Å²) in [5.74, 6) is 0. The van der Waals surface area contributed by atoms with E-state index in [1.807, 2.05) is 0 Å². The van der Waals surface area contributed by atoms with Gasteiger partial charge in [-0.3, -0.25) is 0 Å². The Balaban J connectivity index is 2.76. The van der Waals surface area contributed by atoms with Crippen molar-refractivity contribution in [2.24, 2.45) is 0 Å². The van der Waals surface area contributed by atoms with Crippen LogP contribution in [0.3, 0.4) is 0 Å². The van der Waals surface area contributed by atoms with Gasteiger partial charge in [0.05, 0.1) is 13.2 Å². The SMILES string of the molecule is O=C[C@H](O)[C@@H](O)[C@H](CO)O[C@@H]1O[C@H](CO)[C@H](O)[C@H](O)[C@H]1O. The summed E-state index contributed by atoms with van der Waals surface area (Å²) in [6, 6.07) is 0. The highest BCUT2D eigenvalue weighted by Gasteiger charge is 2.45. The highest BCUT2D eigenvalue weighted by atomic mass is 16.7. The quantitative estimate of drug-likeness (QED) is 0.225. The molecule has 0 saturated carbocycles. The van der Waals surface area contributed by atoms with Crippen molar-refractivity contribution in [1.82, 2.24) is 0 Å². The smallest absolute Gasteiger partial charge is 0.187 e. The molecule has 0 aromatic carbocycles. The molecule has 1 heterocycles. The molecule has 0 amide bonds. The normalized spacial score (nSPS) is 37.8. The van der Waals surface area contributed by atoms with Crippen molar-refractivity contribution < 1.29 is 50.0 Å². The molecule has 0 aromatic rings. The molecule has 10 nitrogen and oxygen atoms in total. The maximum atomic E-state index is 10.4. The van der Waals surface area contributed by atoms with Crippen molar-refractivity contribution in [2.45, 2.75) is 49.0 Å². The summed E-state index contributed by atoms with van der Waals surface area (Å²) in [6.07, 6.45) is -12.9. The summed E-state index contributed by atoms with van der Waals surface area (Å²) in [6.45, 7) is -1.49. The number of aliphatic hydroxyl groups excluding tert-OH is 7. The molecular weight excluding hydrogens is 292 g/mol. The molecule has 0 unspecified atom stereocenters. The Bertz CT molecular complexity index is 324. The third-order valence-corrected chi connectivity index (χ3v) is 3.21. The van der Waals surface area contributed by atoms with Gasteiger partial charge in [-0.25, -0.2) is 0 Å². The van der Waals surface area contributed by atoms with Crippen LogP contribution in [-0.2, 0) is 14.3 Å². The predicted molar refractivity (Wildman–Crippen MR) is 63.8 cm³/mol. The van der Waals surface area contributed by atoms with Crippen molar-refractivity contribution in [3.8, 4) is 0 Å². The van der Waals surface area contributed by atoms with Crippen LogP contribution in [0.5, 0.6) is 0 Å². The third kappa shape index (κ3) is 4.16. The number of carbonyl (C=O) groups excluding carboxylic acids is 1. The molecule has 0 aliphatic carbocycles. The Labute approximate surface area is 119 Å². The molecule has 1 rings (SSSR count). The lowest BCUT2D eigenvalue weighted by Crippen LogP contribution is -2.60. The van der Waals surface area contributed by atoms with Gasteiger partial charge >= 0.3 is 0 Å². The summed E-state index contributed by atoms with van der Waals surface area (Å²) in [7, 11) is 0. The van der Waals surface area contributed by atoms with E-state index in [-0.39, 0.29) is 6.29 Å². The van der Waals surface area contributed by atoms with Crippen LogP contribution in [0.25, 0.3) is 0 Å². The van der Waals surface area contributed by atoms with Crippen molar-refractivity contribution in [2.75, 3.05) is 13.2 Å². The van der Waals surface area contributed by atoms with E-state index in [2.05, 4.69) is 0 Å². The minimum atomic E-state index is -1.83. The van der Waals surface area contributed by atoms with Gasteiger partial charge in [0.15, 0.2) is 12.6 Å². The summed E-state index contributed by atoms with van der Waals surface area (Å²) >= 11 is 0. The molecule has 0 radical (unpaired) electrons. The van der Waals surface area contributed by atoms with Gasteiger partial charge in [0.1, 0.15) is 42.7 Å². The molecule has 0 aromatic heterocycles. The standard InChI is InChI=1S/C11H20O10/c12-1-4(15)7(16)5(2-13)20-11-10(19)9(18)8(17)6(3-14)21-11/h1,4-11,13-19H,2-3H2/t4-,5-,6+,7+,8-,9-,10+,11+/m0/s1. The van der Waals surface area contributed by atoms with Crippen molar-refractivity contribution in [3.05, 3.63) is 0 Å². The zero-order chi connectivity index (χ0) is 16.2. The molecule has 1 aliphatic heterocycles. The Morgan fingerprint density at radius 3 is 2.19 bits per heavy atom. The van der Waals surface area contributed by atoms with Crippen LogP contribution in [0.15, 0.2) is 0 Å². The number of aldehydes is 1. The topological polar surface area (TPSA) is 177 Å². The average molecular weight is 312 g/mol. The first-order chi connectivity index (χ1) is 9.87. The number of ether oxygens (including phenoxy) is 2. The number of rotatable bonds is 7.